The molecule has 2 atom stereocenters. The van der Waals surface area contributed by atoms with Crippen LogP contribution in [0.2, 0.25) is 0 Å². The second-order valence-electron chi connectivity index (χ2n) is 11.2. The summed E-state index contributed by atoms with van der Waals surface area (Å²) in [7, 11) is 1.63. The Morgan fingerprint density at radius 2 is 1.82 bits per heavy atom. The van der Waals surface area contributed by atoms with Gasteiger partial charge in [0.2, 0.25) is 5.91 Å². The van der Waals surface area contributed by atoms with Crippen LogP contribution in [0.25, 0.3) is 10.9 Å². The highest BCUT2D eigenvalue weighted by molar-refractivity contribution is 6.01. The van der Waals surface area contributed by atoms with Gasteiger partial charge in [-0.15, -0.1) is 0 Å². The van der Waals surface area contributed by atoms with Gasteiger partial charge in [0.05, 0.1) is 31.6 Å². The molecule has 1 N–H and O–H groups in total. The molecule has 39 heavy (non-hydrogen) atoms. The first kappa shape index (κ1) is 27.1. The smallest absolute Gasteiger partial charge is 0.254 e. The van der Waals surface area contributed by atoms with Crippen molar-refractivity contribution >= 4 is 22.7 Å². The Hall–Kier alpha value is -3.52. The average molecular weight is 534 g/mol. The predicted octanol–water partition coefficient (Wildman–Crippen LogP) is 4.81. The van der Waals surface area contributed by atoms with E-state index in [0.29, 0.717) is 37.6 Å². The van der Waals surface area contributed by atoms with Gasteiger partial charge in [0.1, 0.15) is 0 Å². The number of fused-ring (bicyclic) bond motifs is 5. The molecule has 5 rings (SSSR count). The maximum atomic E-state index is 14.1. The molecule has 1 saturated heterocycles. The first-order chi connectivity index (χ1) is 18.6. The fraction of sp³-hybridized carbons (Fsp3) is 0.484. The predicted molar refractivity (Wildman–Crippen MR) is 150 cm³/mol. The number of carbonyl (C=O) groups excluding carboxylic acids is 2. The van der Waals surface area contributed by atoms with Crippen molar-refractivity contribution in [2.45, 2.75) is 64.7 Å². The standard InChI is InChI=1S/C31H39N3O5/c1-19(2)38-15-9-14-33-18-27(35)34-17-23(21-12-13-25(39-20(3)4)26(16-21)37-6)28-22-10-7-8-11-24(22)32-29(28)31(34,5)30(33)36/h7-8,10-13,16,19-20,23,32H,9,14-15,17-18H2,1-6H3/t23?,31-/m1/s1. The Balaban J connectivity index is 1.58. The summed E-state index contributed by atoms with van der Waals surface area (Å²) >= 11 is 0. The minimum absolute atomic E-state index is 0.0113. The van der Waals surface area contributed by atoms with Crippen molar-refractivity contribution < 1.29 is 23.8 Å². The quantitative estimate of drug-likeness (QED) is 0.399. The van der Waals surface area contributed by atoms with Crippen LogP contribution in [0.1, 0.15) is 63.8 Å². The van der Waals surface area contributed by atoms with Crippen LogP contribution in [0, 0.1) is 0 Å². The minimum Gasteiger partial charge on any atom is -0.493 e. The van der Waals surface area contributed by atoms with Gasteiger partial charge in [-0.3, -0.25) is 9.59 Å². The van der Waals surface area contributed by atoms with Crippen LogP contribution in [0.15, 0.2) is 42.5 Å². The molecule has 8 nitrogen and oxygen atoms in total. The maximum Gasteiger partial charge on any atom is 0.254 e. The Labute approximate surface area is 230 Å². The number of H-pyrrole nitrogens is 1. The largest absolute Gasteiger partial charge is 0.493 e. The lowest BCUT2D eigenvalue weighted by Gasteiger charge is -2.51. The normalized spacial score (nSPS) is 21.1. The third-order valence-electron chi connectivity index (χ3n) is 7.79. The van der Waals surface area contributed by atoms with Crippen molar-refractivity contribution in [2.24, 2.45) is 0 Å². The number of benzene rings is 2. The van der Waals surface area contributed by atoms with Crippen molar-refractivity contribution in [2.75, 3.05) is 33.4 Å². The summed E-state index contributed by atoms with van der Waals surface area (Å²) in [6, 6.07) is 14.1. The van der Waals surface area contributed by atoms with E-state index in [1.54, 1.807) is 16.9 Å². The molecule has 3 heterocycles. The average Bonchev–Trinajstić information content (AvgIpc) is 3.30. The van der Waals surface area contributed by atoms with Crippen LogP contribution < -0.4 is 9.47 Å². The number of aromatic amines is 1. The van der Waals surface area contributed by atoms with E-state index in [4.69, 9.17) is 14.2 Å². The summed E-state index contributed by atoms with van der Waals surface area (Å²) in [5.41, 5.74) is 2.66. The number of amides is 2. The highest BCUT2D eigenvalue weighted by atomic mass is 16.5. The van der Waals surface area contributed by atoms with Gasteiger partial charge < -0.3 is 29.0 Å². The van der Waals surface area contributed by atoms with Crippen LogP contribution in [0.4, 0.5) is 0 Å². The van der Waals surface area contributed by atoms with E-state index in [0.717, 1.165) is 27.7 Å². The highest BCUT2D eigenvalue weighted by Gasteiger charge is 2.56. The zero-order valence-corrected chi connectivity index (χ0v) is 23.7. The number of piperazine rings is 1. The van der Waals surface area contributed by atoms with Gasteiger partial charge in [-0.1, -0.05) is 24.3 Å². The number of rotatable bonds is 9. The Morgan fingerprint density at radius 3 is 2.54 bits per heavy atom. The van der Waals surface area contributed by atoms with Gasteiger partial charge >= 0.3 is 0 Å². The number of para-hydroxylation sites is 1. The fourth-order valence-electron chi connectivity index (χ4n) is 5.98. The topological polar surface area (TPSA) is 84.1 Å². The van der Waals surface area contributed by atoms with Crippen LogP contribution in [0.3, 0.4) is 0 Å². The molecule has 2 aliphatic heterocycles. The van der Waals surface area contributed by atoms with E-state index in [9.17, 15) is 9.59 Å². The van der Waals surface area contributed by atoms with Gasteiger partial charge in [0, 0.05) is 36.5 Å². The van der Waals surface area contributed by atoms with Gasteiger partial charge in [-0.05, 0) is 70.4 Å². The van der Waals surface area contributed by atoms with Crippen LogP contribution in [-0.2, 0) is 19.9 Å². The van der Waals surface area contributed by atoms with Gasteiger partial charge in [0.25, 0.3) is 5.91 Å². The van der Waals surface area contributed by atoms with Gasteiger partial charge in [-0.2, -0.15) is 0 Å². The lowest BCUT2D eigenvalue weighted by atomic mass is 9.76. The molecule has 1 fully saturated rings. The van der Waals surface area contributed by atoms with E-state index in [1.807, 2.05) is 71.0 Å². The molecule has 0 spiro atoms. The van der Waals surface area contributed by atoms with Crippen LogP contribution in [0.5, 0.6) is 11.5 Å². The van der Waals surface area contributed by atoms with Crippen molar-refractivity contribution in [3.05, 3.63) is 59.3 Å². The highest BCUT2D eigenvalue weighted by Crippen LogP contribution is 2.49. The molecule has 0 saturated carbocycles. The van der Waals surface area contributed by atoms with Crippen molar-refractivity contribution in [1.82, 2.24) is 14.8 Å². The molecular formula is C31H39N3O5. The molecule has 1 aromatic heterocycles. The van der Waals surface area contributed by atoms with E-state index in [1.165, 1.54) is 0 Å². The number of methoxy groups -OCH3 is 1. The molecule has 2 aliphatic rings. The number of carbonyl (C=O) groups is 2. The fourth-order valence-corrected chi connectivity index (χ4v) is 5.98. The molecule has 2 aromatic carbocycles. The maximum absolute atomic E-state index is 14.1. The molecule has 0 aliphatic carbocycles. The SMILES string of the molecule is COc1cc(C2CN3C(=O)CN(CCCOC(C)C)C(=O)[C@@]3(C)c3[nH]c4ccccc4c32)ccc1OC(C)C. The Morgan fingerprint density at radius 1 is 1.05 bits per heavy atom. The summed E-state index contributed by atoms with van der Waals surface area (Å²) in [6.07, 6.45) is 0.822. The summed E-state index contributed by atoms with van der Waals surface area (Å²) in [5.74, 6) is 1.07. The van der Waals surface area contributed by atoms with E-state index in [2.05, 4.69) is 11.1 Å². The molecule has 208 valence electrons. The van der Waals surface area contributed by atoms with Gasteiger partial charge in [0.15, 0.2) is 17.0 Å². The summed E-state index contributed by atoms with van der Waals surface area (Å²) in [6.45, 7) is 11.3. The Kier molecular flexibility index (Phi) is 7.33. The summed E-state index contributed by atoms with van der Waals surface area (Å²) < 4.78 is 17.3. The second-order valence-corrected chi connectivity index (χ2v) is 11.2. The molecule has 2 amide bonds. The third kappa shape index (κ3) is 4.75. The number of hydrogen-bond acceptors (Lipinski definition) is 5. The Bertz CT molecular complexity index is 1380. The lowest BCUT2D eigenvalue weighted by molar-refractivity contribution is -0.166. The third-order valence-corrected chi connectivity index (χ3v) is 7.79. The molecule has 8 heteroatoms. The van der Waals surface area contributed by atoms with Crippen molar-refractivity contribution in [3.63, 3.8) is 0 Å². The molecule has 0 radical (unpaired) electrons. The minimum atomic E-state index is -1.12. The van der Waals surface area contributed by atoms with Crippen LogP contribution >= 0.6 is 0 Å². The molecule has 3 aromatic rings. The number of ether oxygens (including phenoxy) is 3. The van der Waals surface area contributed by atoms with Crippen molar-refractivity contribution in [1.29, 1.82) is 0 Å². The van der Waals surface area contributed by atoms with E-state index >= 15 is 0 Å². The number of hydrogen-bond donors (Lipinski definition) is 1. The lowest BCUT2D eigenvalue weighted by Crippen LogP contribution is -2.67. The summed E-state index contributed by atoms with van der Waals surface area (Å²) in [5, 5.41) is 1.06. The summed E-state index contributed by atoms with van der Waals surface area (Å²) in [4.78, 5) is 34.8. The van der Waals surface area contributed by atoms with Crippen molar-refractivity contribution in [3.8, 4) is 11.5 Å². The molecule has 1 unspecified atom stereocenters. The second kappa shape index (κ2) is 10.6. The van der Waals surface area contributed by atoms with Gasteiger partial charge in [-0.25, -0.2) is 0 Å². The first-order valence-electron chi connectivity index (χ1n) is 13.8. The number of nitrogens with zero attached hydrogens (tertiary/aromatic N) is 2. The van der Waals surface area contributed by atoms with E-state index in [-0.39, 0.29) is 36.5 Å². The molecule has 0 bridgehead atoms. The first-order valence-corrected chi connectivity index (χ1v) is 13.8. The van der Waals surface area contributed by atoms with Crippen LogP contribution in [-0.4, -0.2) is 72.2 Å². The number of aromatic nitrogens is 1. The zero-order valence-electron chi connectivity index (χ0n) is 23.7. The zero-order chi connectivity index (χ0) is 27.9. The number of nitrogens with one attached hydrogen (secondary N) is 1. The molecular weight excluding hydrogens is 494 g/mol. The van der Waals surface area contributed by atoms with E-state index < -0.39 is 5.54 Å². The monoisotopic (exact) mass is 533 g/mol.